The molecule has 7 nitrogen and oxygen atoms in total. The van der Waals surface area contributed by atoms with Crippen molar-refractivity contribution in [3.63, 3.8) is 0 Å². The molecule has 0 aliphatic carbocycles. The summed E-state index contributed by atoms with van der Waals surface area (Å²) in [5.41, 5.74) is 0.230. The Morgan fingerprint density at radius 2 is 1.95 bits per heavy atom. The maximum Gasteiger partial charge on any atom is 0.354 e. The van der Waals surface area contributed by atoms with Crippen LogP contribution in [0.1, 0.15) is 16.2 Å². The van der Waals surface area contributed by atoms with E-state index in [1.807, 2.05) is 0 Å². The molecular weight excluding hydrogens is 296 g/mol. The molecule has 0 atom stereocenters. The van der Waals surface area contributed by atoms with Gasteiger partial charge in [0, 0.05) is 11.9 Å². The monoisotopic (exact) mass is 308 g/mol. The van der Waals surface area contributed by atoms with Gasteiger partial charge in [-0.15, -0.1) is 0 Å². The molecule has 0 saturated carbocycles. The lowest BCUT2D eigenvalue weighted by atomic mass is 10.3. The van der Waals surface area contributed by atoms with E-state index < -0.39 is 15.8 Å². The number of aromatic carboxylic acids is 1. The molecule has 0 aliphatic heterocycles. The number of aromatic nitrogens is 2. The fourth-order valence-electron chi connectivity index (χ4n) is 1.57. The van der Waals surface area contributed by atoms with Crippen LogP contribution >= 0.6 is 0 Å². The Hall–Kier alpha value is -2.48. The summed E-state index contributed by atoms with van der Waals surface area (Å²) in [5.74, 6) is -0.991. The van der Waals surface area contributed by atoms with Gasteiger partial charge < -0.3 is 9.84 Å². The van der Waals surface area contributed by atoms with E-state index in [2.05, 4.69) is 9.97 Å². The molecule has 0 unspecified atom stereocenters. The number of hydrogen-bond acceptors (Lipinski definition) is 6. The summed E-state index contributed by atoms with van der Waals surface area (Å²) in [6, 6.07) is 6.95. The van der Waals surface area contributed by atoms with Gasteiger partial charge in [0.15, 0.2) is 15.5 Å². The summed E-state index contributed by atoms with van der Waals surface area (Å²) in [6.45, 7) is 1.61. The number of rotatable bonds is 4. The first-order chi connectivity index (χ1) is 9.75. The molecule has 1 aromatic heterocycles. The van der Waals surface area contributed by atoms with Crippen molar-refractivity contribution in [3.8, 4) is 11.8 Å². The number of carboxylic acid groups (broad SMARTS) is 1. The number of carboxylic acids is 1. The second kappa shape index (κ2) is 5.49. The molecule has 0 saturated heterocycles. The molecule has 2 aromatic rings. The fraction of sp³-hybridized carbons (Fsp3) is 0.154. The Bertz CT molecular complexity index is 802. The second-order valence-electron chi connectivity index (χ2n) is 4.33. The average molecular weight is 308 g/mol. The van der Waals surface area contributed by atoms with Gasteiger partial charge in [-0.05, 0) is 31.2 Å². The quantitative estimate of drug-likeness (QED) is 0.915. The van der Waals surface area contributed by atoms with Crippen LogP contribution in [0.2, 0.25) is 0 Å². The number of benzene rings is 1. The minimum absolute atomic E-state index is 0.0890. The molecule has 0 spiro atoms. The lowest BCUT2D eigenvalue weighted by Crippen LogP contribution is -2.04. The average Bonchev–Trinajstić information content (AvgIpc) is 2.37. The van der Waals surface area contributed by atoms with Crippen LogP contribution < -0.4 is 4.74 Å². The molecule has 0 fully saturated rings. The first-order valence-electron chi connectivity index (χ1n) is 5.82. The molecule has 21 heavy (non-hydrogen) atoms. The third kappa shape index (κ3) is 3.76. The van der Waals surface area contributed by atoms with Gasteiger partial charge in [-0.3, -0.25) is 0 Å². The maximum absolute atomic E-state index is 11.5. The van der Waals surface area contributed by atoms with Crippen LogP contribution in [0, 0.1) is 6.92 Å². The van der Waals surface area contributed by atoms with Crippen molar-refractivity contribution in [1.29, 1.82) is 0 Å². The zero-order chi connectivity index (χ0) is 15.6. The molecule has 1 N–H and O–H groups in total. The molecule has 0 amide bonds. The van der Waals surface area contributed by atoms with Gasteiger partial charge in [0.2, 0.25) is 0 Å². The minimum atomic E-state index is -3.36. The van der Waals surface area contributed by atoms with Gasteiger partial charge in [0.25, 0.3) is 0 Å². The number of carbonyl (C=O) groups is 1. The number of nitrogens with zero attached hydrogens (tertiary/aromatic N) is 2. The molecule has 0 radical (unpaired) electrons. The molecule has 0 bridgehead atoms. The largest absolute Gasteiger partial charge is 0.477 e. The SMILES string of the molecule is Cc1cc(C(=O)O)nc(Oc2cccc(S(C)(=O)=O)c2)n1. The highest BCUT2D eigenvalue weighted by Gasteiger charge is 2.12. The van der Waals surface area contributed by atoms with E-state index in [1.54, 1.807) is 6.92 Å². The molecule has 8 heteroatoms. The topological polar surface area (TPSA) is 106 Å². The number of aryl methyl sites for hydroxylation is 1. The van der Waals surface area contributed by atoms with Gasteiger partial charge in [-0.1, -0.05) is 6.07 Å². The van der Waals surface area contributed by atoms with E-state index in [1.165, 1.54) is 30.3 Å². The summed E-state index contributed by atoms with van der Waals surface area (Å²) in [5, 5.41) is 8.93. The third-order valence-corrected chi connectivity index (χ3v) is 3.61. The minimum Gasteiger partial charge on any atom is -0.477 e. The first kappa shape index (κ1) is 14.9. The van der Waals surface area contributed by atoms with Crippen LogP contribution in [0.3, 0.4) is 0 Å². The molecular formula is C13H12N2O5S. The van der Waals surface area contributed by atoms with E-state index in [4.69, 9.17) is 9.84 Å². The Morgan fingerprint density at radius 3 is 2.57 bits per heavy atom. The van der Waals surface area contributed by atoms with Gasteiger partial charge in [0.05, 0.1) is 4.90 Å². The number of sulfone groups is 1. The van der Waals surface area contributed by atoms with Crippen molar-refractivity contribution in [2.24, 2.45) is 0 Å². The van der Waals surface area contributed by atoms with Gasteiger partial charge >= 0.3 is 12.0 Å². The highest BCUT2D eigenvalue weighted by molar-refractivity contribution is 7.90. The van der Waals surface area contributed by atoms with Crippen LogP contribution in [-0.2, 0) is 9.84 Å². The van der Waals surface area contributed by atoms with E-state index in [0.29, 0.717) is 5.69 Å². The highest BCUT2D eigenvalue weighted by Crippen LogP contribution is 2.22. The summed E-state index contributed by atoms with van der Waals surface area (Å²) in [6.07, 6.45) is 1.08. The summed E-state index contributed by atoms with van der Waals surface area (Å²) in [7, 11) is -3.36. The zero-order valence-electron chi connectivity index (χ0n) is 11.3. The standard InChI is InChI=1S/C13H12N2O5S/c1-8-6-11(12(16)17)15-13(14-8)20-9-4-3-5-10(7-9)21(2,18)19/h3-7H,1-2H3,(H,16,17). The van der Waals surface area contributed by atoms with Crippen molar-refractivity contribution in [2.45, 2.75) is 11.8 Å². The summed E-state index contributed by atoms with van der Waals surface area (Å²) < 4.78 is 28.3. The van der Waals surface area contributed by atoms with Crippen LogP contribution in [0.5, 0.6) is 11.8 Å². The number of hydrogen-bond donors (Lipinski definition) is 1. The van der Waals surface area contributed by atoms with Crippen molar-refractivity contribution in [1.82, 2.24) is 9.97 Å². The summed E-state index contributed by atoms with van der Waals surface area (Å²) in [4.78, 5) is 18.7. The smallest absolute Gasteiger partial charge is 0.354 e. The molecule has 2 rings (SSSR count). The maximum atomic E-state index is 11.5. The van der Waals surface area contributed by atoms with Gasteiger partial charge in [-0.2, -0.15) is 4.98 Å². The molecule has 110 valence electrons. The molecule has 1 aromatic carbocycles. The highest BCUT2D eigenvalue weighted by atomic mass is 32.2. The van der Waals surface area contributed by atoms with Crippen LogP contribution in [-0.4, -0.2) is 35.7 Å². The normalized spacial score (nSPS) is 11.1. The fourth-order valence-corrected chi connectivity index (χ4v) is 2.23. The van der Waals surface area contributed by atoms with E-state index >= 15 is 0 Å². The van der Waals surface area contributed by atoms with Crippen LogP contribution in [0.4, 0.5) is 0 Å². The lowest BCUT2D eigenvalue weighted by Gasteiger charge is -2.06. The Morgan fingerprint density at radius 1 is 1.24 bits per heavy atom. The summed E-state index contributed by atoms with van der Waals surface area (Å²) >= 11 is 0. The first-order valence-corrected chi connectivity index (χ1v) is 7.72. The third-order valence-electron chi connectivity index (χ3n) is 2.50. The second-order valence-corrected chi connectivity index (χ2v) is 6.35. The Balaban J connectivity index is 2.37. The molecule has 0 aliphatic rings. The molecule has 1 heterocycles. The van der Waals surface area contributed by atoms with Gasteiger partial charge in [-0.25, -0.2) is 18.2 Å². The zero-order valence-corrected chi connectivity index (χ0v) is 12.1. The van der Waals surface area contributed by atoms with Gasteiger partial charge in [0.1, 0.15) is 5.75 Å². The Labute approximate surface area is 121 Å². The number of ether oxygens (including phenoxy) is 1. The van der Waals surface area contributed by atoms with Crippen molar-refractivity contribution in [2.75, 3.05) is 6.26 Å². The van der Waals surface area contributed by atoms with Crippen molar-refractivity contribution >= 4 is 15.8 Å². The lowest BCUT2D eigenvalue weighted by molar-refractivity contribution is 0.0689. The van der Waals surface area contributed by atoms with Crippen LogP contribution in [0.15, 0.2) is 35.2 Å². The Kier molecular flexibility index (Phi) is 3.90. The predicted molar refractivity (Wildman–Crippen MR) is 73.4 cm³/mol. The van der Waals surface area contributed by atoms with E-state index in [0.717, 1.165) is 6.26 Å². The van der Waals surface area contributed by atoms with Crippen LogP contribution in [0.25, 0.3) is 0 Å². The van der Waals surface area contributed by atoms with Crippen molar-refractivity contribution < 1.29 is 23.1 Å². The predicted octanol–water partition coefficient (Wildman–Crippen LogP) is 1.68. The van der Waals surface area contributed by atoms with Crippen molar-refractivity contribution in [3.05, 3.63) is 41.7 Å². The van der Waals surface area contributed by atoms with E-state index in [9.17, 15) is 13.2 Å². The van der Waals surface area contributed by atoms with E-state index in [-0.39, 0.29) is 22.3 Å².